The Kier molecular flexibility index (Phi) is 3.92. The molecular formula is C18H32O4. The smallest absolute Gasteiger partial charge is 0.195 e. The molecule has 0 radical (unpaired) electrons. The molecule has 1 saturated heterocycles. The molecule has 4 nitrogen and oxygen atoms in total. The average molecular weight is 312 g/mol. The van der Waals surface area contributed by atoms with E-state index in [4.69, 9.17) is 19.6 Å². The molecule has 2 spiro atoms. The van der Waals surface area contributed by atoms with E-state index < -0.39 is 11.6 Å². The van der Waals surface area contributed by atoms with Crippen molar-refractivity contribution >= 4 is 0 Å². The van der Waals surface area contributed by atoms with Crippen LogP contribution in [-0.2, 0) is 19.6 Å². The molecule has 3 aliphatic rings. The van der Waals surface area contributed by atoms with Gasteiger partial charge in [-0.05, 0) is 35.5 Å². The Morgan fingerprint density at radius 3 is 1.18 bits per heavy atom. The van der Waals surface area contributed by atoms with Crippen LogP contribution in [0.1, 0.15) is 80.1 Å². The Balaban J connectivity index is 1.64. The zero-order chi connectivity index (χ0) is 16.2. The summed E-state index contributed by atoms with van der Waals surface area (Å²) in [6.07, 6.45) is 5.38. The molecule has 22 heavy (non-hydrogen) atoms. The fourth-order valence-electron chi connectivity index (χ4n) is 3.84. The van der Waals surface area contributed by atoms with E-state index in [2.05, 4.69) is 41.5 Å². The van der Waals surface area contributed by atoms with Gasteiger partial charge in [0.2, 0.25) is 11.6 Å². The van der Waals surface area contributed by atoms with Crippen LogP contribution in [0.5, 0.6) is 0 Å². The van der Waals surface area contributed by atoms with Gasteiger partial charge in [0.15, 0.2) is 0 Å². The van der Waals surface area contributed by atoms with Crippen LogP contribution < -0.4 is 0 Å². The second-order valence-electron chi connectivity index (χ2n) is 9.34. The Morgan fingerprint density at radius 1 is 0.591 bits per heavy atom. The van der Waals surface area contributed by atoms with Gasteiger partial charge in [0, 0.05) is 25.7 Å². The van der Waals surface area contributed by atoms with Crippen molar-refractivity contribution in [1.82, 2.24) is 0 Å². The van der Waals surface area contributed by atoms with Gasteiger partial charge < -0.3 is 0 Å². The Morgan fingerprint density at radius 2 is 0.909 bits per heavy atom. The molecule has 0 N–H and O–H groups in total. The largest absolute Gasteiger partial charge is 0.234 e. The second kappa shape index (κ2) is 5.17. The van der Waals surface area contributed by atoms with Crippen LogP contribution in [-0.4, -0.2) is 11.6 Å². The van der Waals surface area contributed by atoms with Crippen LogP contribution in [0.2, 0.25) is 0 Å². The van der Waals surface area contributed by atoms with Crippen LogP contribution in [0.4, 0.5) is 0 Å². The first-order chi connectivity index (χ1) is 10.1. The number of hydrogen-bond donors (Lipinski definition) is 0. The fourth-order valence-corrected chi connectivity index (χ4v) is 3.84. The molecule has 128 valence electrons. The van der Waals surface area contributed by atoms with Crippen LogP contribution >= 0.6 is 0 Å². The standard InChI is InChI=1S/C18H32O4/c1-13-11-17(9-7-15(13,3)4)19-21-18(22-20-17)10-8-16(5,6)14(2)12-18/h13-14H,7-12H2,1-6H3. The van der Waals surface area contributed by atoms with Gasteiger partial charge in [-0.3, -0.25) is 0 Å². The first-order valence-corrected chi connectivity index (χ1v) is 8.82. The second-order valence-corrected chi connectivity index (χ2v) is 9.34. The third kappa shape index (κ3) is 2.83. The van der Waals surface area contributed by atoms with E-state index in [1.54, 1.807) is 0 Å². The maximum Gasteiger partial charge on any atom is 0.234 e. The quantitative estimate of drug-likeness (QED) is 0.591. The van der Waals surface area contributed by atoms with Crippen molar-refractivity contribution < 1.29 is 19.6 Å². The molecule has 0 bridgehead atoms. The summed E-state index contributed by atoms with van der Waals surface area (Å²) in [6.45, 7) is 13.7. The summed E-state index contributed by atoms with van der Waals surface area (Å²) in [4.78, 5) is 23.3. The first-order valence-electron chi connectivity index (χ1n) is 8.82. The lowest BCUT2D eigenvalue weighted by atomic mass is 9.67. The summed E-state index contributed by atoms with van der Waals surface area (Å²) in [6, 6.07) is 0. The van der Waals surface area contributed by atoms with Crippen LogP contribution in [0, 0.1) is 22.7 Å². The van der Waals surface area contributed by atoms with Crippen molar-refractivity contribution in [2.45, 2.75) is 91.6 Å². The van der Waals surface area contributed by atoms with Crippen molar-refractivity contribution in [2.24, 2.45) is 22.7 Å². The molecule has 0 aromatic rings. The Labute approximate surface area is 134 Å². The van der Waals surface area contributed by atoms with Crippen LogP contribution in [0.15, 0.2) is 0 Å². The summed E-state index contributed by atoms with van der Waals surface area (Å²) < 4.78 is 0. The molecule has 0 aromatic carbocycles. The molecule has 3 rings (SSSR count). The molecular weight excluding hydrogens is 280 g/mol. The molecule has 0 amide bonds. The van der Waals surface area contributed by atoms with Gasteiger partial charge in [-0.1, -0.05) is 41.5 Å². The highest BCUT2D eigenvalue weighted by atomic mass is 17.4. The molecule has 1 aliphatic heterocycles. The Hall–Kier alpha value is -0.160. The van der Waals surface area contributed by atoms with Crippen molar-refractivity contribution in [2.75, 3.05) is 0 Å². The topological polar surface area (TPSA) is 36.9 Å². The molecule has 1 heterocycles. The van der Waals surface area contributed by atoms with Crippen molar-refractivity contribution in [3.05, 3.63) is 0 Å². The summed E-state index contributed by atoms with van der Waals surface area (Å²) in [5.74, 6) is -0.411. The van der Waals surface area contributed by atoms with Gasteiger partial charge >= 0.3 is 0 Å². The van der Waals surface area contributed by atoms with Gasteiger partial charge in [-0.2, -0.15) is 19.6 Å². The average Bonchev–Trinajstić information content (AvgIpc) is 2.44. The number of hydrogen-bond acceptors (Lipinski definition) is 4. The van der Waals surface area contributed by atoms with Crippen molar-refractivity contribution in [3.63, 3.8) is 0 Å². The summed E-state index contributed by atoms with van der Waals surface area (Å²) in [7, 11) is 0. The fraction of sp³-hybridized carbons (Fsp3) is 1.00. The minimum Gasteiger partial charge on any atom is -0.195 e. The zero-order valence-electron chi connectivity index (χ0n) is 15.0. The lowest BCUT2D eigenvalue weighted by Gasteiger charge is -2.52. The summed E-state index contributed by atoms with van der Waals surface area (Å²) in [5.41, 5.74) is 0.632. The van der Waals surface area contributed by atoms with Gasteiger partial charge in [-0.15, -0.1) is 0 Å². The minimum absolute atomic E-state index is 0.316. The molecule has 4 heteroatoms. The third-order valence-corrected chi connectivity index (χ3v) is 6.89. The van der Waals surface area contributed by atoms with E-state index in [-0.39, 0.29) is 0 Å². The molecule has 2 saturated carbocycles. The normalized spacial score (nSPS) is 39.0. The summed E-state index contributed by atoms with van der Waals surface area (Å²) in [5, 5.41) is 0. The predicted molar refractivity (Wildman–Crippen MR) is 83.4 cm³/mol. The SMILES string of the molecule is CC1CC2(CCC1(C)C)OOC1(CCC(C)(C)C(C)C1)OO2. The van der Waals surface area contributed by atoms with Crippen LogP contribution in [0.25, 0.3) is 0 Å². The zero-order valence-corrected chi connectivity index (χ0v) is 15.0. The highest BCUT2D eigenvalue weighted by Gasteiger charge is 2.55. The minimum atomic E-state index is -0.712. The van der Waals surface area contributed by atoms with Crippen LogP contribution in [0.3, 0.4) is 0 Å². The monoisotopic (exact) mass is 312 g/mol. The Bertz CT molecular complexity index is 381. The van der Waals surface area contributed by atoms with E-state index in [1.165, 1.54) is 0 Å². The molecule has 3 fully saturated rings. The van der Waals surface area contributed by atoms with Gasteiger partial charge in [0.25, 0.3) is 0 Å². The first kappa shape index (κ1) is 16.7. The van der Waals surface area contributed by atoms with E-state index >= 15 is 0 Å². The van der Waals surface area contributed by atoms with Gasteiger partial charge in [0.05, 0.1) is 0 Å². The molecule has 2 aliphatic carbocycles. The molecule has 2 atom stereocenters. The van der Waals surface area contributed by atoms with Gasteiger partial charge in [0.1, 0.15) is 0 Å². The van der Waals surface area contributed by atoms with E-state index in [0.29, 0.717) is 22.7 Å². The van der Waals surface area contributed by atoms with Crippen molar-refractivity contribution in [1.29, 1.82) is 0 Å². The molecule has 2 unspecified atom stereocenters. The highest BCUT2D eigenvalue weighted by molar-refractivity contribution is 4.91. The van der Waals surface area contributed by atoms with E-state index in [9.17, 15) is 0 Å². The predicted octanol–water partition coefficient (Wildman–Crippen LogP) is 4.98. The highest BCUT2D eigenvalue weighted by Crippen LogP contribution is 2.53. The van der Waals surface area contributed by atoms with E-state index in [1.807, 2.05) is 0 Å². The summed E-state index contributed by atoms with van der Waals surface area (Å²) >= 11 is 0. The lowest BCUT2D eigenvalue weighted by molar-refractivity contribution is -0.666. The van der Waals surface area contributed by atoms with Gasteiger partial charge in [-0.25, -0.2) is 0 Å². The maximum absolute atomic E-state index is 5.83. The third-order valence-electron chi connectivity index (χ3n) is 6.89. The van der Waals surface area contributed by atoms with Crippen molar-refractivity contribution in [3.8, 4) is 0 Å². The number of rotatable bonds is 0. The van der Waals surface area contributed by atoms with E-state index in [0.717, 1.165) is 38.5 Å². The molecule has 0 aromatic heterocycles. The maximum atomic E-state index is 5.83. The lowest BCUT2D eigenvalue weighted by Crippen LogP contribution is -2.56.